The van der Waals surface area contributed by atoms with Gasteiger partial charge in [0.05, 0.1) is 19.7 Å². The Morgan fingerprint density at radius 1 is 0.788 bits per heavy atom. The molecular formula is C26H23NO6. The van der Waals surface area contributed by atoms with Crippen LogP contribution in [0, 0.1) is 0 Å². The van der Waals surface area contributed by atoms with E-state index < -0.39 is 12.1 Å². The van der Waals surface area contributed by atoms with Crippen molar-refractivity contribution in [3.8, 4) is 11.5 Å². The van der Waals surface area contributed by atoms with E-state index in [0.717, 1.165) is 11.1 Å². The molecule has 7 heteroatoms. The molecular weight excluding hydrogens is 422 g/mol. The largest absolute Gasteiger partial charge is 0.493 e. The number of hydrogen-bond donors (Lipinski definition) is 0. The lowest BCUT2D eigenvalue weighted by atomic mass is 10.2. The van der Waals surface area contributed by atoms with E-state index in [2.05, 4.69) is 0 Å². The molecule has 0 atom stereocenters. The van der Waals surface area contributed by atoms with E-state index in [1.54, 1.807) is 18.2 Å². The minimum Gasteiger partial charge on any atom is -0.493 e. The molecule has 0 N–H and O–H groups in total. The monoisotopic (exact) mass is 445 g/mol. The van der Waals surface area contributed by atoms with Crippen LogP contribution >= 0.6 is 0 Å². The third kappa shape index (κ3) is 4.82. The Kier molecular flexibility index (Phi) is 6.59. The third-order valence-corrected chi connectivity index (χ3v) is 5.11. The highest BCUT2D eigenvalue weighted by atomic mass is 16.6. The first-order valence-corrected chi connectivity index (χ1v) is 10.3. The predicted octanol–water partition coefficient (Wildman–Crippen LogP) is 5.20. The Morgan fingerprint density at radius 3 is 2.03 bits per heavy atom. The standard InChI is InChI=1S/C26H23NO6/c1-30-23-15-21-20(14-24(23)32-16-18-9-5-3-6-10-18)13-22(25(28)31-2)27(21)26(29)33-17-19-11-7-4-8-12-19/h3-15H,16-17H2,1-2H3. The molecule has 1 heterocycles. The summed E-state index contributed by atoms with van der Waals surface area (Å²) in [5.74, 6) is 0.249. The van der Waals surface area contributed by atoms with Crippen LogP contribution in [-0.4, -0.2) is 30.8 Å². The van der Waals surface area contributed by atoms with Crippen LogP contribution in [0.3, 0.4) is 0 Å². The number of hydrogen-bond acceptors (Lipinski definition) is 6. The molecule has 0 aliphatic rings. The summed E-state index contributed by atoms with van der Waals surface area (Å²) < 4.78 is 23.0. The van der Waals surface area contributed by atoms with Crippen LogP contribution in [0.4, 0.5) is 4.79 Å². The van der Waals surface area contributed by atoms with Gasteiger partial charge in [-0.2, -0.15) is 0 Å². The summed E-state index contributed by atoms with van der Waals surface area (Å²) in [5.41, 5.74) is 2.32. The maximum atomic E-state index is 13.0. The lowest BCUT2D eigenvalue weighted by Crippen LogP contribution is -2.19. The number of carbonyl (C=O) groups is 2. The van der Waals surface area contributed by atoms with Gasteiger partial charge < -0.3 is 18.9 Å². The van der Waals surface area contributed by atoms with Crippen LogP contribution in [0.5, 0.6) is 11.5 Å². The lowest BCUT2D eigenvalue weighted by molar-refractivity contribution is 0.0585. The van der Waals surface area contributed by atoms with Gasteiger partial charge in [0, 0.05) is 11.5 Å². The Morgan fingerprint density at radius 2 is 1.42 bits per heavy atom. The highest BCUT2D eigenvalue weighted by Crippen LogP contribution is 2.35. The molecule has 0 saturated heterocycles. The maximum absolute atomic E-state index is 13.0. The number of esters is 1. The van der Waals surface area contributed by atoms with Gasteiger partial charge in [0.15, 0.2) is 11.5 Å². The number of fused-ring (bicyclic) bond motifs is 1. The molecule has 3 aromatic carbocycles. The summed E-state index contributed by atoms with van der Waals surface area (Å²) >= 11 is 0. The van der Waals surface area contributed by atoms with Crippen molar-refractivity contribution < 1.29 is 28.5 Å². The molecule has 4 rings (SSSR count). The highest BCUT2D eigenvalue weighted by Gasteiger charge is 2.24. The molecule has 0 aliphatic heterocycles. The average molecular weight is 445 g/mol. The molecule has 0 amide bonds. The first-order valence-electron chi connectivity index (χ1n) is 10.3. The van der Waals surface area contributed by atoms with Gasteiger partial charge in [-0.1, -0.05) is 60.7 Å². The van der Waals surface area contributed by atoms with Crippen LogP contribution in [0.1, 0.15) is 21.6 Å². The predicted molar refractivity (Wildman–Crippen MR) is 123 cm³/mol. The van der Waals surface area contributed by atoms with E-state index in [-0.39, 0.29) is 12.3 Å². The molecule has 4 aromatic rings. The zero-order chi connectivity index (χ0) is 23.2. The summed E-state index contributed by atoms with van der Waals surface area (Å²) in [5, 5.41) is 0.607. The molecule has 1 aromatic heterocycles. The van der Waals surface area contributed by atoms with Crippen LogP contribution in [0.25, 0.3) is 10.9 Å². The summed E-state index contributed by atoms with van der Waals surface area (Å²) in [6, 6.07) is 23.9. The Bertz CT molecular complexity index is 1260. The zero-order valence-corrected chi connectivity index (χ0v) is 18.3. The van der Waals surface area contributed by atoms with Crippen molar-refractivity contribution in [2.24, 2.45) is 0 Å². The Labute approximate surface area is 191 Å². The van der Waals surface area contributed by atoms with Crippen molar-refractivity contribution in [2.45, 2.75) is 13.2 Å². The van der Waals surface area contributed by atoms with Crippen molar-refractivity contribution in [3.05, 3.63) is 95.7 Å². The number of carbonyl (C=O) groups excluding carboxylic acids is 2. The molecule has 168 valence electrons. The molecule has 0 spiro atoms. The van der Waals surface area contributed by atoms with Crippen molar-refractivity contribution >= 4 is 23.0 Å². The topological polar surface area (TPSA) is 76.0 Å². The maximum Gasteiger partial charge on any atom is 0.419 e. The van der Waals surface area contributed by atoms with E-state index in [0.29, 0.717) is 29.0 Å². The van der Waals surface area contributed by atoms with Gasteiger partial charge in [-0.25, -0.2) is 14.2 Å². The van der Waals surface area contributed by atoms with Crippen LogP contribution in [0.2, 0.25) is 0 Å². The lowest BCUT2D eigenvalue weighted by Gasteiger charge is -2.13. The zero-order valence-electron chi connectivity index (χ0n) is 18.3. The molecule has 0 radical (unpaired) electrons. The van der Waals surface area contributed by atoms with Crippen molar-refractivity contribution in [2.75, 3.05) is 14.2 Å². The third-order valence-electron chi connectivity index (χ3n) is 5.11. The number of methoxy groups -OCH3 is 2. The molecule has 0 aliphatic carbocycles. The van der Waals surface area contributed by atoms with Gasteiger partial charge in [-0.3, -0.25) is 0 Å². The van der Waals surface area contributed by atoms with Crippen LogP contribution in [0.15, 0.2) is 78.9 Å². The molecule has 0 bridgehead atoms. The summed E-state index contributed by atoms with van der Waals surface area (Å²) in [6.45, 7) is 0.405. The van der Waals surface area contributed by atoms with Gasteiger partial charge in [0.1, 0.15) is 18.9 Å². The van der Waals surface area contributed by atoms with E-state index in [1.165, 1.54) is 18.8 Å². The van der Waals surface area contributed by atoms with Gasteiger partial charge in [0.2, 0.25) is 0 Å². The summed E-state index contributed by atoms with van der Waals surface area (Å²) in [7, 11) is 2.77. The fourth-order valence-electron chi connectivity index (χ4n) is 3.46. The molecule has 0 fully saturated rings. The normalized spacial score (nSPS) is 10.6. The minimum absolute atomic E-state index is 0.0489. The summed E-state index contributed by atoms with van der Waals surface area (Å²) in [4.78, 5) is 25.4. The number of benzene rings is 3. The van der Waals surface area contributed by atoms with Gasteiger partial charge in [-0.05, 0) is 23.3 Å². The summed E-state index contributed by atoms with van der Waals surface area (Å²) in [6.07, 6.45) is -0.700. The first-order chi connectivity index (χ1) is 16.1. The fraction of sp³-hybridized carbons (Fsp3) is 0.154. The average Bonchev–Trinajstić information content (AvgIpc) is 3.24. The van der Waals surface area contributed by atoms with Crippen molar-refractivity contribution in [1.29, 1.82) is 0 Å². The Balaban J connectivity index is 1.68. The number of ether oxygens (including phenoxy) is 4. The van der Waals surface area contributed by atoms with Crippen LogP contribution in [-0.2, 0) is 22.7 Å². The molecule has 0 unspecified atom stereocenters. The van der Waals surface area contributed by atoms with Gasteiger partial charge in [0.25, 0.3) is 0 Å². The van der Waals surface area contributed by atoms with Gasteiger partial charge >= 0.3 is 12.1 Å². The second kappa shape index (κ2) is 9.91. The number of rotatable bonds is 7. The van der Waals surface area contributed by atoms with E-state index in [4.69, 9.17) is 18.9 Å². The number of aromatic nitrogens is 1. The molecule has 0 saturated carbocycles. The molecule has 33 heavy (non-hydrogen) atoms. The van der Waals surface area contributed by atoms with Crippen LogP contribution < -0.4 is 9.47 Å². The first kappa shape index (κ1) is 22.0. The van der Waals surface area contributed by atoms with Crippen molar-refractivity contribution in [3.63, 3.8) is 0 Å². The van der Waals surface area contributed by atoms with Crippen molar-refractivity contribution in [1.82, 2.24) is 4.57 Å². The minimum atomic E-state index is -0.700. The quantitative estimate of drug-likeness (QED) is 0.364. The van der Waals surface area contributed by atoms with Gasteiger partial charge in [-0.15, -0.1) is 0 Å². The molecule has 7 nitrogen and oxygen atoms in total. The second-order valence-corrected chi connectivity index (χ2v) is 7.23. The highest BCUT2D eigenvalue weighted by molar-refractivity contribution is 6.02. The van der Waals surface area contributed by atoms with E-state index in [9.17, 15) is 9.59 Å². The SMILES string of the molecule is COC(=O)c1cc2cc(OCc3ccccc3)c(OC)cc2n1C(=O)OCc1ccccc1. The smallest absolute Gasteiger partial charge is 0.419 e. The number of nitrogens with zero attached hydrogens (tertiary/aromatic N) is 1. The van der Waals surface area contributed by atoms with E-state index >= 15 is 0 Å². The fourth-order valence-corrected chi connectivity index (χ4v) is 3.46. The Hall–Kier alpha value is -4.26. The second-order valence-electron chi connectivity index (χ2n) is 7.23. The van der Waals surface area contributed by atoms with E-state index in [1.807, 2.05) is 60.7 Å².